The van der Waals surface area contributed by atoms with Crippen LogP contribution in [0.25, 0.3) is 0 Å². The third kappa shape index (κ3) is 10.7. The Kier molecular flexibility index (Phi) is 12.2. The maximum atomic E-state index is 12.5. The summed E-state index contributed by atoms with van der Waals surface area (Å²) in [4.78, 5) is 39.9. The number of hydrogen-bond acceptors (Lipinski definition) is 6. The van der Waals surface area contributed by atoms with Gasteiger partial charge in [-0.25, -0.2) is 4.79 Å². The van der Waals surface area contributed by atoms with Crippen molar-refractivity contribution in [3.8, 4) is 0 Å². The van der Waals surface area contributed by atoms with Gasteiger partial charge in [-0.2, -0.15) is 11.8 Å². The Morgan fingerprint density at radius 2 is 1.74 bits per heavy atom. The lowest BCUT2D eigenvalue weighted by atomic mass is 10.0. The van der Waals surface area contributed by atoms with Gasteiger partial charge in [-0.15, -0.1) is 0 Å². The molecule has 0 heterocycles. The minimum atomic E-state index is -1.17. The number of rotatable bonds is 13. The largest absolute Gasteiger partial charge is 0.480 e. The number of carboxylic acid groups (broad SMARTS) is 1. The molecule has 11 heteroatoms. The van der Waals surface area contributed by atoms with Crippen LogP contribution in [0.15, 0.2) is 4.99 Å². The van der Waals surface area contributed by atoms with E-state index < -0.39 is 35.9 Å². The number of nitrogens with two attached hydrogens (primary N) is 3. The van der Waals surface area contributed by atoms with Crippen molar-refractivity contribution in [2.75, 3.05) is 18.6 Å². The standard InChI is InChI=1S/C16H32N6O4S/c1-9(2)12(22-13(23)10(17)6-8-27-3)14(24)21-11(15(25)26)5-4-7-20-16(18)19/h9-12H,4-8,17H2,1-3H3,(H,21,24)(H,22,23)(H,25,26)(H4,18,19,20)/t10-,11-,12-/m0/s1. The number of nitrogens with one attached hydrogen (secondary N) is 2. The second-order valence-electron chi connectivity index (χ2n) is 6.47. The predicted octanol–water partition coefficient (Wildman–Crippen LogP) is -1.17. The Hall–Kier alpha value is -2.01. The maximum absolute atomic E-state index is 12.5. The van der Waals surface area contributed by atoms with Crippen molar-refractivity contribution in [3.05, 3.63) is 0 Å². The summed E-state index contributed by atoms with van der Waals surface area (Å²) >= 11 is 1.57. The molecule has 0 unspecified atom stereocenters. The summed E-state index contributed by atoms with van der Waals surface area (Å²) in [5, 5.41) is 14.4. The third-order valence-electron chi connectivity index (χ3n) is 3.78. The highest BCUT2D eigenvalue weighted by Crippen LogP contribution is 2.06. The number of thioether (sulfide) groups is 1. The molecule has 3 atom stereocenters. The molecule has 0 saturated heterocycles. The first-order valence-electron chi connectivity index (χ1n) is 8.73. The summed E-state index contributed by atoms with van der Waals surface area (Å²) in [7, 11) is 0. The van der Waals surface area contributed by atoms with Gasteiger partial charge in [-0.05, 0) is 37.2 Å². The van der Waals surface area contributed by atoms with E-state index in [4.69, 9.17) is 17.2 Å². The molecule has 0 rings (SSSR count). The fraction of sp³-hybridized carbons (Fsp3) is 0.750. The van der Waals surface area contributed by atoms with Gasteiger partial charge in [0.05, 0.1) is 6.04 Å². The molecule has 156 valence electrons. The second kappa shape index (κ2) is 13.2. The first-order valence-corrected chi connectivity index (χ1v) is 10.1. The number of aliphatic imine (C=N–C) groups is 1. The summed E-state index contributed by atoms with van der Waals surface area (Å²) in [6, 6.07) is -2.70. The summed E-state index contributed by atoms with van der Waals surface area (Å²) < 4.78 is 0. The van der Waals surface area contributed by atoms with Crippen molar-refractivity contribution in [2.45, 2.75) is 51.2 Å². The zero-order chi connectivity index (χ0) is 21.0. The molecule has 0 saturated carbocycles. The zero-order valence-corrected chi connectivity index (χ0v) is 16.9. The van der Waals surface area contributed by atoms with Gasteiger partial charge in [-0.3, -0.25) is 14.6 Å². The van der Waals surface area contributed by atoms with Gasteiger partial charge >= 0.3 is 5.97 Å². The van der Waals surface area contributed by atoms with E-state index in [1.807, 2.05) is 6.26 Å². The van der Waals surface area contributed by atoms with E-state index in [0.717, 1.165) is 5.75 Å². The molecule has 27 heavy (non-hydrogen) atoms. The SMILES string of the molecule is CSCC[C@H](N)C(=O)N[C@H](C(=O)N[C@@H](CCCN=C(N)N)C(=O)O)C(C)C. The number of hydrogen-bond donors (Lipinski definition) is 6. The van der Waals surface area contributed by atoms with Gasteiger partial charge < -0.3 is 32.9 Å². The number of carbonyl (C=O) groups excluding carboxylic acids is 2. The molecule has 0 aliphatic carbocycles. The van der Waals surface area contributed by atoms with Crippen LogP contribution in [0.1, 0.15) is 33.1 Å². The average molecular weight is 405 g/mol. The Bertz CT molecular complexity index is 525. The van der Waals surface area contributed by atoms with Crippen LogP contribution in [0.4, 0.5) is 0 Å². The fourth-order valence-corrected chi connectivity index (χ4v) is 2.68. The molecule has 0 radical (unpaired) electrons. The highest BCUT2D eigenvalue weighted by Gasteiger charge is 2.29. The number of nitrogens with zero attached hydrogens (tertiary/aromatic N) is 1. The quantitative estimate of drug-likeness (QED) is 0.126. The Morgan fingerprint density at radius 3 is 2.22 bits per heavy atom. The van der Waals surface area contributed by atoms with Gasteiger partial charge in [0.15, 0.2) is 5.96 Å². The molecule has 0 aromatic rings. The van der Waals surface area contributed by atoms with Crippen molar-refractivity contribution >= 4 is 35.5 Å². The monoisotopic (exact) mass is 404 g/mol. The van der Waals surface area contributed by atoms with Gasteiger partial charge in [0, 0.05) is 6.54 Å². The molecule has 0 fully saturated rings. The van der Waals surface area contributed by atoms with Crippen LogP contribution < -0.4 is 27.8 Å². The molecule has 2 amide bonds. The number of amides is 2. The van der Waals surface area contributed by atoms with Crippen LogP contribution in [0, 0.1) is 5.92 Å². The van der Waals surface area contributed by atoms with E-state index in [9.17, 15) is 19.5 Å². The molecule has 0 bridgehead atoms. The Morgan fingerprint density at radius 1 is 1.11 bits per heavy atom. The summed E-state index contributed by atoms with van der Waals surface area (Å²) in [6.45, 7) is 3.77. The van der Waals surface area contributed by atoms with E-state index >= 15 is 0 Å². The molecule has 0 aliphatic rings. The third-order valence-corrected chi connectivity index (χ3v) is 4.42. The van der Waals surface area contributed by atoms with Crippen molar-refractivity contribution in [2.24, 2.45) is 28.1 Å². The summed E-state index contributed by atoms with van der Waals surface area (Å²) in [5.41, 5.74) is 16.3. The van der Waals surface area contributed by atoms with E-state index in [2.05, 4.69) is 15.6 Å². The van der Waals surface area contributed by atoms with Crippen LogP contribution in [-0.2, 0) is 14.4 Å². The smallest absolute Gasteiger partial charge is 0.326 e. The molecule has 0 aromatic heterocycles. The minimum absolute atomic E-state index is 0.0775. The van der Waals surface area contributed by atoms with E-state index in [1.54, 1.807) is 25.6 Å². The zero-order valence-electron chi connectivity index (χ0n) is 16.1. The van der Waals surface area contributed by atoms with Crippen LogP contribution >= 0.6 is 11.8 Å². The molecule has 0 aliphatic heterocycles. The van der Waals surface area contributed by atoms with Crippen molar-refractivity contribution in [3.63, 3.8) is 0 Å². The normalized spacial score (nSPS) is 14.1. The van der Waals surface area contributed by atoms with Crippen LogP contribution in [-0.4, -0.2) is 65.5 Å². The molecular weight excluding hydrogens is 372 g/mol. The lowest BCUT2D eigenvalue weighted by Crippen LogP contribution is -2.56. The molecule has 0 spiro atoms. The van der Waals surface area contributed by atoms with Crippen LogP contribution in [0.3, 0.4) is 0 Å². The number of aliphatic carboxylic acids is 1. The van der Waals surface area contributed by atoms with Crippen molar-refractivity contribution in [1.82, 2.24) is 10.6 Å². The Labute approximate surface area is 164 Å². The summed E-state index contributed by atoms with van der Waals surface area (Å²) in [6.07, 6.45) is 2.94. The molecular formula is C16H32N6O4S. The van der Waals surface area contributed by atoms with Gasteiger partial charge in [0.25, 0.3) is 0 Å². The van der Waals surface area contributed by atoms with Crippen LogP contribution in [0.2, 0.25) is 0 Å². The van der Waals surface area contributed by atoms with E-state index in [0.29, 0.717) is 12.8 Å². The lowest BCUT2D eigenvalue weighted by Gasteiger charge is -2.25. The number of guanidine groups is 1. The highest BCUT2D eigenvalue weighted by molar-refractivity contribution is 7.98. The van der Waals surface area contributed by atoms with Gasteiger partial charge in [-0.1, -0.05) is 13.8 Å². The van der Waals surface area contributed by atoms with Crippen molar-refractivity contribution in [1.29, 1.82) is 0 Å². The van der Waals surface area contributed by atoms with Crippen LogP contribution in [0.5, 0.6) is 0 Å². The fourth-order valence-electron chi connectivity index (χ4n) is 2.19. The second-order valence-corrected chi connectivity index (χ2v) is 7.45. The highest BCUT2D eigenvalue weighted by atomic mass is 32.2. The molecule has 10 nitrogen and oxygen atoms in total. The predicted molar refractivity (Wildman–Crippen MR) is 107 cm³/mol. The van der Waals surface area contributed by atoms with Gasteiger partial charge in [0.1, 0.15) is 12.1 Å². The van der Waals surface area contributed by atoms with Crippen molar-refractivity contribution < 1.29 is 19.5 Å². The van der Waals surface area contributed by atoms with E-state index in [-0.39, 0.29) is 24.8 Å². The number of carbonyl (C=O) groups is 3. The molecule has 0 aromatic carbocycles. The lowest BCUT2D eigenvalue weighted by molar-refractivity contribution is -0.142. The topological polar surface area (TPSA) is 186 Å². The number of carboxylic acids is 1. The minimum Gasteiger partial charge on any atom is -0.480 e. The average Bonchev–Trinajstić information content (AvgIpc) is 2.58. The maximum Gasteiger partial charge on any atom is 0.326 e. The van der Waals surface area contributed by atoms with Gasteiger partial charge in [0.2, 0.25) is 11.8 Å². The van der Waals surface area contributed by atoms with E-state index in [1.165, 1.54) is 0 Å². The Balaban J connectivity index is 4.84. The first-order chi connectivity index (χ1) is 12.6. The summed E-state index contributed by atoms with van der Waals surface area (Å²) in [5.74, 6) is -1.76. The molecule has 9 N–H and O–H groups in total. The first kappa shape index (κ1) is 25.0.